The molecule has 30 heavy (non-hydrogen) atoms. The van der Waals surface area contributed by atoms with Crippen molar-refractivity contribution in [3.8, 4) is 0 Å². The molecule has 12 heteroatoms. The summed E-state index contributed by atoms with van der Waals surface area (Å²) in [4.78, 5) is 46.2. The lowest BCUT2D eigenvalue weighted by Gasteiger charge is -2.44. The van der Waals surface area contributed by atoms with Gasteiger partial charge < -0.3 is 38.9 Å². The second-order valence-corrected chi connectivity index (χ2v) is 6.34. The molecule has 0 amide bonds. The molecular weight excluding hydrogens is 406 g/mol. The minimum Gasteiger partial charge on any atom is -0.463 e. The Labute approximate surface area is 174 Å². The van der Waals surface area contributed by atoms with Crippen molar-refractivity contribution in [1.82, 2.24) is 0 Å². The molecule has 1 rings (SSSR count). The molecule has 2 N–H and O–H groups in total. The highest BCUT2D eigenvalue weighted by molar-refractivity contribution is 5.68. The molecule has 0 radical (unpaired) electrons. The first kappa shape index (κ1) is 25.8. The summed E-state index contributed by atoms with van der Waals surface area (Å²) in [6.07, 6.45) is -6.00. The van der Waals surface area contributed by atoms with Crippen LogP contribution in [-0.2, 0) is 52.3 Å². The predicted octanol–water partition coefficient (Wildman–Crippen LogP) is -0.939. The average molecular weight is 435 g/mol. The maximum Gasteiger partial charge on any atom is 0.303 e. The second kappa shape index (κ2) is 13.1. The highest BCUT2D eigenvalue weighted by Gasteiger charge is 2.52. The molecule has 172 valence electrons. The van der Waals surface area contributed by atoms with E-state index in [9.17, 15) is 19.2 Å². The Kier molecular flexibility index (Phi) is 11.3. The zero-order chi connectivity index (χ0) is 22.7. The van der Waals surface area contributed by atoms with Gasteiger partial charge in [0, 0.05) is 34.2 Å². The van der Waals surface area contributed by atoms with E-state index in [2.05, 4.69) is 0 Å². The van der Waals surface area contributed by atoms with E-state index in [1.54, 1.807) is 0 Å². The van der Waals surface area contributed by atoms with E-state index in [-0.39, 0.29) is 19.8 Å². The van der Waals surface area contributed by atoms with Crippen molar-refractivity contribution >= 4 is 23.9 Å². The fourth-order valence-corrected chi connectivity index (χ4v) is 2.73. The smallest absolute Gasteiger partial charge is 0.303 e. The van der Waals surface area contributed by atoms with Gasteiger partial charge in [-0.2, -0.15) is 0 Å². The zero-order valence-electron chi connectivity index (χ0n) is 17.5. The third-order valence-electron chi connectivity index (χ3n) is 3.72. The molecule has 1 heterocycles. The van der Waals surface area contributed by atoms with E-state index in [1.165, 1.54) is 6.92 Å². The molecular formula is C18H29NO11. The molecule has 0 aromatic carbocycles. The van der Waals surface area contributed by atoms with Crippen molar-refractivity contribution < 1.29 is 52.3 Å². The van der Waals surface area contributed by atoms with E-state index in [1.807, 2.05) is 0 Å². The number of carbonyl (C=O) groups excluding carboxylic acids is 4. The number of ether oxygens (including phenoxy) is 7. The maximum absolute atomic E-state index is 11.7. The molecule has 5 atom stereocenters. The summed E-state index contributed by atoms with van der Waals surface area (Å²) < 4.78 is 37.4. The standard InChI is InChI=1S/C18H29NO11/c1-10(20)26-9-14-15(27-11(2)21)16(28-12(3)22)17(29-13(4)23)18(30-14)25-8-7-24-6-5-19/h14-18H,5-9,19H2,1-4H3/t14-,15+,16+,17-,18-/m1/s1. The molecule has 1 saturated heterocycles. The van der Waals surface area contributed by atoms with Gasteiger partial charge in [0.15, 0.2) is 24.6 Å². The van der Waals surface area contributed by atoms with Gasteiger partial charge in [-0.05, 0) is 0 Å². The number of rotatable bonds is 11. The fraction of sp³-hybridized carbons (Fsp3) is 0.778. The second-order valence-electron chi connectivity index (χ2n) is 6.34. The number of hydrogen-bond acceptors (Lipinski definition) is 12. The van der Waals surface area contributed by atoms with Gasteiger partial charge in [0.25, 0.3) is 0 Å². The van der Waals surface area contributed by atoms with Crippen LogP contribution >= 0.6 is 0 Å². The van der Waals surface area contributed by atoms with Crippen molar-refractivity contribution in [3.05, 3.63) is 0 Å². The van der Waals surface area contributed by atoms with Gasteiger partial charge in [-0.3, -0.25) is 19.2 Å². The third-order valence-corrected chi connectivity index (χ3v) is 3.72. The van der Waals surface area contributed by atoms with Gasteiger partial charge in [-0.25, -0.2) is 0 Å². The molecule has 0 spiro atoms. The lowest BCUT2D eigenvalue weighted by Crippen LogP contribution is -2.63. The molecule has 1 fully saturated rings. The first-order valence-electron chi connectivity index (χ1n) is 9.35. The van der Waals surface area contributed by atoms with Crippen molar-refractivity contribution in [2.45, 2.75) is 58.4 Å². The molecule has 1 aliphatic rings. The summed E-state index contributed by atoms with van der Waals surface area (Å²) >= 11 is 0. The summed E-state index contributed by atoms with van der Waals surface area (Å²) in [7, 11) is 0. The Morgan fingerprint density at radius 1 is 0.767 bits per heavy atom. The van der Waals surface area contributed by atoms with Gasteiger partial charge in [0.1, 0.15) is 12.7 Å². The van der Waals surface area contributed by atoms with Gasteiger partial charge in [0.05, 0.1) is 19.8 Å². The Bertz CT molecular complexity index is 597. The van der Waals surface area contributed by atoms with Crippen LogP contribution in [0.25, 0.3) is 0 Å². The van der Waals surface area contributed by atoms with Crippen LogP contribution in [0.1, 0.15) is 27.7 Å². The normalized spacial score (nSPS) is 25.8. The highest BCUT2D eigenvalue weighted by atomic mass is 16.7. The summed E-state index contributed by atoms with van der Waals surface area (Å²) in [6, 6.07) is 0. The summed E-state index contributed by atoms with van der Waals surface area (Å²) in [5, 5.41) is 0. The summed E-state index contributed by atoms with van der Waals surface area (Å²) in [5.41, 5.74) is 5.35. The highest BCUT2D eigenvalue weighted by Crippen LogP contribution is 2.29. The topological polar surface area (TPSA) is 159 Å². The van der Waals surface area contributed by atoms with Gasteiger partial charge in [-0.1, -0.05) is 0 Å². The molecule has 1 aliphatic heterocycles. The first-order valence-corrected chi connectivity index (χ1v) is 9.35. The number of carbonyl (C=O) groups is 4. The molecule has 0 saturated carbocycles. The van der Waals surface area contributed by atoms with Gasteiger partial charge >= 0.3 is 23.9 Å². The monoisotopic (exact) mass is 435 g/mol. The number of hydrogen-bond donors (Lipinski definition) is 1. The molecule has 0 aromatic heterocycles. The minimum atomic E-state index is -1.26. The molecule has 12 nitrogen and oxygen atoms in total. The van der Waals surface area contributed by atoms with Crippen molar-refractivity contribution in [3.63, 3.8) is 0 Å². The van der Waals surface area contributed by atoms with Crippen molar-refractivity contribution in [1.29, 1.82) is 0 Å². The Morgan fingerprint density at radius 3 is 1.87 bits per heavy atom. The molecule has 0 aliphatic carbocycles. The fourth-order valence-electron chi connectivity index (χ4n) is 2.73. The van der Waals surface area contributed by atoms with Crippen LogP contribution in [-0.4, -0.2) is 87.6 Å². The van der Waals surface area contributed by atoms with Crippen molar-refractivity contribution in [2.75, 3.05) is 33.0 Å². The van der Waals surface area contributed by atoms with Crippen LogP contribution in [0.5, 0.6) is 0 Å². The molecule has 0 bridgehead atoms. The zero-order valence-corrected chi connectivity index (χ0v) is 17.5. The van der Waals surface area contributed by atoms with E-state index < -0.39 is 54.6 Å². The van der Waals surface area contributed by atoms with E-state index >= 15 is 0 Å². The SMILES string of the molecule is CC(=O)OC[C@H]1O[C@@H](OCCOCCN)[C@H](OC(C)=O)[C@@H](OC(C)=O)[C@H]1OC(C)=O. The molecule has 0 aromatic rings. The largest absolute Gasteiger partial charge is 0.463 e. The lowest BCUT2D eigenvalue weighted by atomic mass is 9.98. The number of esters is 4. The van der Waals surface area contributed by atoms with Crippen LogP contribution in [0.4, 0.5) is 0 Å². The van der Waals surface area contributed by atoms with E-state index in [4.69, 9.17) is 38.9 Å². The van der Waals surface area contributed by atoms with E-state index in [0.717, 1.165) is 20.8 Å². The van der Waals surface area contributed by atoms with Crippen LogP contribution in [0.3, 0.4) is 0 Å². The van der Waals surface area contributed by atoms with E-state index in [0.29, 0.717) is 13.2 Å². The molecule has 0 unspecified atom stereocenters. The van der Waals surface area contributed by atoms with Gasteiger partial charge in [-0.15, -0.1) is 0 Å². The maximum atomic E-state index is 11.7. The summed E-state index contributed by atoms with van der Waals surface area (Å²) in [5.74, 6) is -2.72. The van der Waals surface area contributed by atoms with Crippen LogP contribution in [0.2, 0.25) is 0 Å². The predicted molar refractivity (Wildman–Crippen MR) is 97.8 cm³/mol. The number of nitrogens with two attached hydrogens (primary N) is 1. The van der Waals surface area contributed by atoms with Crippen LogP contribution in [0, 0.1) is 0 Å². The first-order chi connectivity index (χ1) is 14.1. The Hall–Kier alpha value is -2.28. The Morgan fingerprint density at radius 2 is 1.33 bits per heavy atom. The van der Waals surface area contributed by atoms with Crippen molar-refractivity contribution in [2.24, 2.45) is 5.73 Å². The third kappa shape index (κ3) is 9.03. The van der Waals surface area contributed by atoms with Crippen LogP contribution in [0.15, 0.2) is 0 Å². The lowest BCUT2D eigenvalue weighted by molar-refractivity contribution is -0.309. The Balaban J connectivity index is 3.13. The summed E-state index contributed by atoms with van der Waals surface area (Å²) in [6.45, 7) is 5.17. The average Bonchev–Trinajstić information content (AvgIpc) is 2.63. The quantitative estimate of drug-likeness (QED) is 0.241. The van der Waals surface area contributed by atoms with Crippen LogP contribution < -0.4 is 5.73 Å². The minimum absolute atomic E-state index is 0.0355. The van der Waals surface area contributed by atoms with Gasteiger partial charge in [0.2, 0.25) is 0 Å².